The van der Waals surface area contributed by atoms with Crippen LogP contribution in [0.5, 0.6) is 5.75 Å². The van der Waals surface area contributed by atoms with E-state index in [1.54, 1.807) is 35.5 Å². The zero-order valence-corrected chi connectivity index (χ0v) is 17.9. The van der Waals surface area contributed by atoms with Gasteiger partial charge in [-0.25, -0.2) is 0 Å². The Morgan fingerprint density at radius 2 is 2.22 bits per heavy atom. The van der Waals surface area contributed by atoms with Crippen LogP contribution in [-0.2, 0) is 16.1 Å². The van der Waals surface area contributed by atoms with Gasteiger partial charge in [0.1, 0.15) is 10.1 Å². The molecule has 0 bridgehead atoms. The van der Waals surface area contributed by atoms with Gasteiger partial charge in [-0.05, 0) is 35.9 Å². The van der Waals surface area contributed by atoms with Crippen LogP contribution in [0.1, 0.15) is 11.1 Å². The quantitative estimate of drug-likeness (QED) is 0.381. The van der Waals surface area contributed by atoms with E-state index in [-0.39, 0.29) is 17.6 Å². The number of aromatic nitrogens is 1. The van der Waals surface area contributed by atoms with E-state index in [1.165, 1.54) is 11.8 Å². The van der Waals surface area contributed by atoms with Gasteiger partial charge in [0.25, 0.3) is 5.91 Å². The minimum absolute atomic E-state index is 0.159. The fourth-order valence-electron chi connectivity index (χ4n) is 2.35. The molecule has 3 rings (SSSR count). The van der Waals surface area contributed by atoms with Crippen molar-refractivity contribution in [3.05, 3.63) is 63.2 Å². The highest BCUT2D eigenvalue weighted by Gasteiger charge is 2.32. The second-order valence-electron chi connectivity index (χ2n) is 5.49. The van der Waals surface area contributed by atoms with Gasteiger partial charge < -0.3 is 4.74 Å². The Hall–Kier alpha value is -1.68. The zero-order valence-electron chi connectivity index (χ0n) is 13.8. The lowest BCUT2D eigenvalue weighted by Crippen LogP contribution is -2.27. The molecule has 1 aromatic carbocycles. The number of benzene rings is 1. The van der Waals surface area contributed by atoms with Crippen molar-refractivity contribution in [3.8, 4) is 5.75 Å². The van der Waals surface area contributed by atoms with E-state index in [0.29, 0.717) is 27.1 Å². The Balaban J connectivity index is 1.85. The number of thiocarbonyl (C=S) groups is 1. The summed E-state index contributed by atoms with van der Waals surface area (Å²) in [5.41, 5.74) is 1.56. The number of carbonyl (C=O) groups is 2. The largest absolute Gasteiger partial charge is 0.484 e. The molecule has 1 amide bonds. The smallest absolute Gasteiger partial charge is 0.266 e. The Morgan fingerprint density at radius 3 is 2.93 bits per heavy atom. The lowest BCUT2D eigenvalue weighted by molar-refractivity contribution is -0.122. The van der Waals surface area contributed by atoms with Gasteiger partial charge in [-0.2, -0.15) is 0 Å². The molecule has 1 aliphatic rings. The van der Waals surface area contributed by atoms with Gasteiger partial charge >= 0.3 is 0 Å². The van der Waals surface area contributed by atoms with E-state index in [0.717, 1.165) is 10.0 Å². The number of carbonyl (C=O) groups excluding carboxylic acids is 2. The topological polar surface area (TPSA) is 59.5 Å². The van der Waals surface area contributed by atoms with Gasteiger partial charge in [-0.15, -0.1) is 12.6 Å². The first-order valence-corrected chi connectivity index (χ1v) is 10.2. The maximum absolute atomic E-state index is 12.8. The first-order chi connectivity index (χ1) is 12.9. The van der Waals surface area contributed by atoms with E-state index in [9.17, 15) is 9.59 Å². The van der Waals surface area contributed by atoms with Crippen LogP contribution in [0.25, 0.3) is 6.08 Å². The fourth-order valence-corrected chi connectivity index (χ4v) is 4.04. The van der Waals surface area contributed by atoms with Gasteiger partial charge in [-0.3, -0.25) is 19.5 Å². The molecular formula is C18H13BrN2O3S3. The molecule has 1 aromatic heterocycles. The predicted molar refractivity (Wildman–Crippen MR) is 117 cm³/mol. The Labute approximate surface area is 179 Å². The van der Waals surface area contributed by atoms with Crippen molar-refractivity contribution in [2.24, 2.45) is 0 Å². The van der Waals surface area contributed by atoms with Crippen LogP contribution in [0.3, 0.4) is 0 Å². The summed E-state index contributed by atoms with van der Waals surface area (Å²) < 4.78 is 6.79. The molecule has 0 saturated carbocycles. The van der Waals surface area contributed by atoms with E-state index in [2.05, 4.69) is 33.5 Å². The van der Waals surface area contributed by atoms with Crippen LogP contribution < -0.4 is 4.74 Å². The molecule has 0 aliphatic carbocycles. The number of thioether (sulfide) groups is 1. The molecule has 1 saturated heterocycles. The average Bonchev–Trinajstić information content (AvgIpc) is 2.89. The normalized spacial score (nSPS) is 15.5. The van der Waals surface area contributed by atoms with Crippen molar-refractivity contribution < 1.29 is 14.3 Å². The molecular weight excluding hydrogens is 468 g/mol. The number of halogens is 1. The maximum Gasteiger partial charge on any atom is 0.266 e. The van der Waals surface area contributed by atoms with Crippen molar-refractivity contribution in [3.63, 3.8) is 0 Å². The highest BCUT2D eigenvalue weighted by molar-refractivity contribution is 9.10. The molecule has 0 radical (unpaired) electrons. The van der Waals surface area contributed by atoms with Crippen LogP contribution in [0.2, 0.25) is 0 Å². The summed E-state index contributed by atoms with van der Waals surface area (Å²) in [4.78, 5) is 30.0. The van der Waals surface area contributed by atoms with Crippen molar-refractivity contribution in [2.75, 3.05) is 6.61 Å². The summed E-state index contributed by atoms with van der Waals surface area (Å²) in [6, 6.07) is 9.04. The number of ether oxygens (including phenoxy) is 1. The molecule has 2 aromatic rings. The van der Waals surface area contributed by atoms with Gasteiger partial charge in [0.15, 0.2) is 6.61 Å². The number of hydrogen-bond acceptors (Lipinski definition) is 6. The van der Waals surface area contributed by atoms with Crippen molar-refractivity contribution in [1.82, 2.24) is 9.88 Å². The minimum Gasteiger partial charge on any atom is -0.484 e. The maximum atomic E-state index is 12.8. The first-order valence-electron chi connectivity index (χ1n) is 7.72. The van der Waals surface area contributed by atoms with Crippen molar-refractivity contribution in [1.29, 1.82) is 0 Å². The summed E-state index contributed by atoms with van der Waals surface area (Å²) in [5.74, 6) is 0.308. The molecule has 0 spiro atoms. The van der Waals surface area contributed by atoms with Gasteiger partial charge in [0.2, 0.25) is 5.12 Å². The highest BCUT2D eigenvalue weighted by Crippen LogP contribution is 2.35. The summed E-state index contributed by atoms with van der Waals surface area (Å²) in [6.07, 6.45) is 5.10. The summed E-state index contributed by atoms with van der Waals surface area (Å²) in [5, 5.41) is -0.383. The molecule has 1 aliphatic heterocycles. The molecule has 0 atom stereocenters. The summed E-state index contributed by atoms with van der Waals surface area (Å²) >= 11 is 13.7. The zero-order chi connectivity index (χ0) is 19.4. The molecule has 5 nitrogen and oxygen atoms in total. The van der Waals surface area contributed by atoms with Crippen LogP contribution in [0.4, 0.5) is 0 Å². The number of rotatable bonds is 6. The second-order valence-corrected chi connectivity index (χ2v) is 8.58. The Kier molecular flexibility index (Phi) is 6.69. The van der Waals surface area contributed by atoms with E-state index in [4.69, 9.17) is 17.0 Å². The van der Waals surface area contributed by atoms with E-state index in [1.807, 2.05) is 18.2 Å². The van der Waals surface area contributed by atoms with Crippen LogP contribution in [-0.4, -0.2) is 31.8 Å². The number of nitrogens with zero attached hydrogens (tertiary/aromatic N) is 2. The predicted octanol–water partition coefficient (Wildman–Crippen LogP) is 4.08. The molecule has 0 unspecified atom stereocenters. The third-order valence-electron chi connectivity index (χ3n) is 3.55. The van der Waals surface area contributed by atoms with Crippen molar-refractivity contribution >= 4 is 74.0 Å². The lowest BCUT2D eigenvalue weighted by Gasteiger charge is -2.14. The van der Waals surface area contributed by atoms with Crippen LogP contribution in [0.15, 0.2) is 52.1 Å². The third-order valence-corrected chi connectivity index (χ3v) is 5.55. The molecule has 138 valence electrons. The minimum atomic E-state index is -0.383. The van der Waals surface area contributed by atoms with Crippen LogP contribution >= 0.6 is 52.5 Å². The second kappa shape index (κ2) is 9.01. The summed E-state index contributed by atoms with van der Waals surface area (Å²) in [7, 11) is 0. The first kappa shape index (κ1) is 20.1. The third kappa shape index (κ3) is 5.19. The number of amides is 1. The molecule has 27 heavy (non-hydrogen) atoms. The standard InChI is InChI=1S/C18H13BrN2O3S3/c19-13-3-4-14(24-10-16(22)25)12(6-13)7-15-17(23)21(18(26)27-15)9-11-2-1-5-20-8-11/h1-8H,9-10H2,(H,22,25)/b15-7-. The van der Waals surface area contributed by atoms with E-state index < -0.39 is 0 Å². The highest BCUT2D eigenvalue weighted by atomic mass is 79.9. The fraction of sp³-hybridized carbons (Fsp3) is 0.111. The van der Waals surface area contributed by atoms with Gasteiger partial charge in [0, 0.05) is 22.4 Å². The van der Waals surface area contributed by atoms with Crippen molar-refractivity contribution in [2.45, 2.75) is 6.54 Å². The number of hydrogen-bond donors (Lipinski definition) is 1. The lowest BCUT2D eigenvalue weighted by atomic mass is 10.2. The Bertz CT molecular complexity index is 935. The average molecular weight is 481 g/mol. The monoisotopic (exact) mass is 480 g/mol. The molecule has 2 heterocycles. The van der Waals surface area contributed by atoms with E-state index >= 15 is 0 Å². The SMILES string of the molecule is O=C(S)COc1ccc(Br)cc1/C=C1\SC(=S)N(Cc2cccnc2)C1=O. The molecule has 1 fully saturated rings. The van der Waals surface area contributed by atoms with Crippen LogP contribution in [0, 0.1) is 0 Å². The number of thiol groups is 1. The molecule has 0 N–H and O–H groups in total. The Morgan fingerprint density at radius 1 is 1.41 bits per heavy atom. The summed E-state index contributed by atoms with van der Waals surface area (Å²) in [6.45, 7) is 0.208. The van der Waals surface area contributed by atoms with Gasteiger partial charge in [-0.1, -0.05) is 46.0 Å². The number of pyridine rings is 1. The van der Waals surface area contributed by atoms with Gasteiger partial charge in [0.05, 0.1) is 11.4 Å². The molecule has 9 heteroatoms.